The Kier molecular flexibility index (Phi) is 7.05. The molecule has 3 rings (SSSR count). The molecule has 154 valence electrons. The van der Waals surface area contributed by atoms with Crippen molar-refractivity contribution in [3.63, 3.8) is 0 Å². The molecule has 0 heterocycles. The maximum absolute atomic E-state index is 12.9. The average molecular weight is 441 g/mol. The lowest BCUT2D eigenvalue weighted by Crippen LogP contribution is -2.30. The van der Waals surface area contributed by atoms with Crippen molar-refractivity contribution in [2.75, 3.05) is 11.9 Å². The summed E-state index contributed by atoms with van der Waals surface area (Å²) in [6.45, 7) is 4.01. The number of anilines is 1. The summed E-state index contributed by atoms with van der Waals surface area (Å²) in [5.41, 5.74) is 1.82. The molecule has 3 aromatic carbocycles. The van der Waals surface area contributed by atoms with Crippen molar-refractivity contribution in [1.29, 1.82) is 0 Å². The Morgan fingerprint density at radius 2 is 1.70 bits per heavy atom. The monoisotopic (exact) mass is 440 g/mol. The number of nitrogens with one attached hydrogen (secondary N) is 1. The molecule has 7 heteroatoms. The van der Waals surface area contributed by atoms with Gasteiger partial charge >= 0.3 is 0 Å². The van der Waals surface area contributed by atoms with Crippen LogP contribution in [0.2, 0.25) is 5.02 Å². The zero-order chi connectivity index (χ0) is 21.6. The number of rotatable bonds is 8. The van der Waals surface area contributed by atoms with Crippen LogP contribution in [0.5, 0.6) is 0 Å². The summed E-state index contributed by atoms with van der Waals surface area (Å²) >= 11 is 5.94. The van der Waals surface area contributed by atoms with Gasteiger partial charge in [0.1, 0.15) is 0 Å². The molecule has 1 N–H and O–H groups in total. The fraction of sp³-hybridized carbons (Fsp3) is 0.0870. The molecule has 3 aromatic rings. The van der Waals surface area contributed by atoms with Crippen LogP contribution in [-0.2, 0) is 16.6 Å². The van der Waals surface area contributed by atoms with E-state index in [-0.39, 0.29) is 23.9 Å². The third-order valence-corrected chi connectivity index (χ3v) is 6.43. The number of benzene rings is 3. The quantitative estimate of drug-likeness (QED) is 0.503. The Bertz CT molecular complexity index is 1130. The largest absolute Gasteiger partial charge is 0.322 e. The summed E-state index contributed by atoms with van der Waals surface area (Å²) in [5, 5.41) is 3.31. The zero-order valence-corrected chi connectivity index (χ0v) is 17.7. The standard InChI is InChI=1S/C23H21ClN2O3S/c1-2-15-26(30(28,29)22-9-4-3-5-10-22)17-18-11-13-19(14-12-18)23(27)25-21-8-6-7-20(24)16-21/h2-14,16H,1,15,17H2,(H,25,27). The number of hydrogen-bond donors (Lipinski definition) is 1. The predicted octanol–water partition coefficient (Wildman–Crippen LogP) is 4.97. The van der Waals surface area contributed by atoms with Gasteiger partial charge in [0, 0.05) is 29.4 Å². The van der Waals surface area contributed by atoms with E-state index in [0.29, 0.717) is 16.3 Å². The van der Waals surface area contributed by atoms with E-state index in [0.717, 1.165) is 5.56 Å². The molecule has 0 aliphatic heterocycles. The molecule has 0 aliphatic carbocycles. The van der Waals surface area contributed by atoms with E-state index in [1.807, 2.05) is 0 Å². The first kappa shape index (κ1) is 21.8. The van der Waals surface area contributed by atoms with Crippen LogP contribution in [0.3, 0.4) is 0 Å². The minimum Gasteiger partial charge on any atom is -0.322 e. The molecular formula is C23H21ClN2O3S. The van der Waals surface area contributed by atoms with Crippen molar-refractivity contribution >= 4 is 33.2 Å². The molecule has 0 saturated heterocycles. The normalized spacial score (nSPS) is 11.3. The highest BCUT2D eigenvalue weighted by Crippen LogP contribution is 2.19. The highest BCUT2D eigenvalue weighted by molar-refractivity contribution is 7.89. The fourth-order valence-electron chi connectivity index (χ4n) is 2.87. The molecule has 0 aliphatic rings. The molecule has 0 fully saturated rings. The molecule has 0 saturated carbocycles. The Hall–Kier alpha value is -2.93. The molecule has 1 amide bonds. The molecule has 0 unspecified atom stereocenters. The Labute approximate surface area is 181 Å². The lowest BCUT2D eigenvalue weighted by atomic mass is 10.1. The van der Waals surface area contributed by atoms with Gasteiger partial charge in [-0.1, -0.05) is 54.1 Å². The van der Waals surface area contributed by atoms with Crippen LogP contribution in [0.15, 0.2) is 96.4 Å². The second-order valence-corrected chi connectivity index (χ2v) is 8.94. The summed E-state index contributed by atoms with van der Waals surface area (Å²) in [5.74, 6) is -0.274. The zero-order valence-electron chi connectivity index (χ0n) is 16.2. The summed E-state index contributed by atoms with van der Waals surface area (Å²) in [6.07, 6.45) is 1.55. The molecular weight excluding hydrogens is 420 g/mol. The summed E-state index contributed by atoms with van der Waals surface area (Å²) in [6, 6.07) is 22.0. The van der Waals surface area contributed by atoms with Gasteiger partial charge in [-0.2, -0.15) is 4.31 Å². The molecule has 0 radical (unpaired) electrons. The van der Waals surface area contributed by atoms with Crippen molar-refractivity contribution in [3.8, 4) is 0 Å². The Morgan fingerprint density at radius 3 is 2.33 bits per heavy atom. The predicted molar refractivity (Wildman–Crippen MR) is 120 cm³/mol. The van der Waals surface area contributed by atoms with E-state index in [9.17, 15) is 13.2 Å². The first-order valence-electron chi connectivity index (χ1n) is 9.22. The topological polar surface area (TPSA) is 66.5 Å². The second-order valence-electron chi connectivity index (χ2n) is 6.56. The van der Waals surface area contributed by atoms with Crippen LogP contribution in [-0.4, -0.2) is 25.2 Å². The first-order valence-corrected chi connectivity index (χ1v) is 11.0. The maximum Gasteiger partial charge on any atom is 0.255 e. The average Bonchev–Trinajstić information content (AvgIpc) is 2.74. The Balaban J connectivity index is 1.74. The highest BCUT2D eigenvalue weighted by atomic mass is 35.5. The number of amides is 1. The van der Waals surface area contributed by atoms with E-state index >= 15 is 0 Å². The summed E-state index contributed by atoms with van der Waals surface area (Å²) in [7, 11) is -3.66. The van der Waals surface area contributed by atoms with Gasteiger partial charge in [0.15, 0.2) is 0 Å². The number of nitrogens with zero attached hydrogens (tertiary/aromatic N) is 1. The lowest BCUT2D eigenvalue weighted by molar-refractivity contribution is 0.102. The van der Waals surface area contributed by atoms with E-state index in [1.165, 1.54) is 4.31 Å². The first-order chi connectivity index (χ1) is 14.4. The molecule has 5 nitrogen and oxygen atoms in total. The maximum atomic E-state index is 12.9. The van der Waals surface area contributed by atoms with Gasteiger partial charge in [-0.25, -0.2) is 8.42 Å². The van der Waals surface area contributed by atoms with Crippen LogP contribution >= 0.6 is 11.6 Å². The SMILES string of the molecule is C=CCN(Cc1ccc(C(=O)Nc2cccc(Cl)c2)cc1)S(=O)(=O)c1ccccc1. The van der Waals surface area contributed by atoms with Gasteiger partial charge in [-0.3, -0.25) is 4.79 Å². The number of halogens is 1. The fourth-order valence-corrected chi connectivity index (χ4v) is 4.48. The van der Waals surface area contributed by atoms with Gasteiger partial charge in [-0.15, -0.1) is 6.58 Å². The van der Waals surface area contributed by atoms with Crippen LogP contribution in [0, 0.1) is 0 Å². The summed E-state index contributed by atoms with van der Waals surface area (Å²) < 4.78 is 27.2. The molecule has 0 bridgehead atoms. The summed E-state index contributed by atoms with van der Waals surface area (Å²) in [4.78, 5) is 12.7. The van der Waals surface area contributed by atoms with E-state index in [2.05, 4.69) is 11.9 Å². The van der Waals surface area contributed by atoms with Crippen LogP contribution < -0.4 is 5.32 Å². The van der Waals surface area contributed by atoms with Crippen molar-refractivity contribution < 1.29 is 13.2 Å². The minimum absolute atomic E-state index is 0.166. The van der Waals surface area contributed by atoms with Crippen molar-refractivity contribution in [3.05, 3.63) is 108 Å². The van der Waals surface area contributed by atoms with Gasteiger partial charge in [0.05, 0.1) is 4.90 Å². The lowest BCUT2D eigenvalue weighted by Gasteiger charge is -2.21. The van der Waals surface area contributed by atoms with Gasteiger partial charge < -0.3 is 5.32 Å². The van der Waals surface area contributed by atoms with Crippen molar-refractivity contribution in [1.82, 2.24) is 4.31 Å². The van der Waals surface area contributed by atoms with Gasteiger partial charge in [0.2, 0.25) is 10.0 Å². The molecule has 0 spiro atoms. The van der Waals surface area contributed by atoms with Crippen molar-refractivity contribution in [2.45, 2.75) is 11.4 Å². The van der Waals surface area contributed by atoms with E-state index in [4.69, 9.17) is 11.6 Å². The number of carbonyl (C=O) groups excluding carboxylic acids is 1. The van der Waals surface area contributed by atoms with Crippen LogP contribution in [0.4, 0.5) is 5.69 Å². The number of sulfonamides is 1. The third-order valence-electron chi connectivity index (χ3n) is 4.37. The number of carbonyl (C=O) groups is 1. The molecule has 0 atom stereocenters. The van der Waals surface area contributed by atoms with Crippen molar-refractivity contribution in [2.24, 2.45) is 0 Å². The second kappa shape index (κ2) is 9.71. The molecule has 30 heavy (non-hydrogen) atoms. The van der Waals surface area contributed by atoms with Crippen LogP contribution in [0.25, 0.3) is 0 Å². The number of hydrogen-bond acceptors (Lipinski definition) is 3. The van der Waals surface area contributed by atoms with Gasteiger partial charge in [0.25, 0.3) is 5.91 Å². The Morgan fingerprint density at radius 1 is 1.00 bits per heavy atom. The van der Waals surface area contributed by atoms with E-state index < -0.39 is 10.0 Å². The minimum atomic E-state index is -3.66. The van der Waals surface area contributed by atoms with Crippen LogP contribution in [0.1, 0.15) is 15.9 Å². The third kappa shape index (κ3) is 5.36. The van der Waals surface area contributed by atoms with Gasteiger partial charge in [-0.05, 0) is 48.0 Å². The van der Waals surface area contributed by atoms with E-state index in [1.54, 1.807) is 84.9 Å². The smallest absolute Gasteiger partial charge is 0.255 e. The highest BCUT2D eigenvalue weighted by Gasteiger charge is 2.23. The molecule has 0 aromatic heterocycles.